The summed E-state index contributed by atoms with van der Waals surface area (Å²) in [5.41, 5.74) is 13.4. The Morgan fingerprint density at radius 1 is 0.538 bits per heavy atom. The maximum atomic E-state index is 6.53. The Balaban J connectivity index is 1.08. The van der Waals surface area contributed by atoms with Gasteiger partial charge >= 0.3 is 0 Å². The molecule has 1 N–H and O–H groups in total. The molecule has 0 radical (unpaired) electrons. The Morgan fingerprint density at radius 3 is 1.96 bits per heavy atom. The van der Waals surface area contributed by atoms with Crippen LogP contribution in [0, 0.1) is 0 Å². The summed E-state index contributed by atoms with van der Waals surface area (Å²) in [5, 5.41) is 5.95. The lowest BCUT2D eigenvalue weighted by Crippen LogP contribution is -2.25. The van der Waals surface area contributed by atoms with Crippen LogP contribution < -0.4 is 5.32 Å². The number of nitrogens with one attached hydrogen (secondary N) is 1. The molecule has 7 aromatic carbocycles. The summed E-state index contributed by atoms with van der Waals surface area (Å²) < 4.78 is 8.85. The number of fused-ring (bicyclic) bond motifs is 5. The molecule has 0 amide bonds. The van der Waals surface area contributed by atoms with Crippen LogP contribution in [0.1, 0.15) is 22.9 Å². The van der Waals surface area contributed by atoms with Crippen LogP contribution in [0.2, 0.25) is 0 Å². The first-order valence-corrected chi connectivity index (χ1v) is 17.5. The van der Waals surface area contributed by atoms with Crippen LogP contribution in [0.15, 0.2) is 191 Å². The Hall–Kier alpha value is -6.98. The van der Waals surface area contributed by atoms with Gasteiger partial charge in [-0.2, -0.15) is 0 Å². The number of benzene rings is 7. The first kappa shape index (κ1) is 29.9. The predicted octanol–water partition coefficient (Wildman–Crippen LogP) is 11.4. The first-order chi connectivity index (χ1) is 25.8. The summed E-state index contributed by atoms with van der Waals surface area (Å²) in [6.45, 7) is 0. The van der Waals surface area contributed by atoms with Crippen molar-refractivity contribution < 1.29 is 4.42 Å². The van der Waals surface area contributed by atoms with E-state index in [1.807, 2.05) is 42.5 Å². The highest BCUT2D eigenvalue weighted by Crippen LogP contribution is 2.39. The van der Waals surface area contributed by atoms with Gasteiger partial charge in [-0.05, 0) is 76.4 Å². The highest BCUT2D eigenvalue weighted by atomic mass is 16.3. The zero-order valence-corrected chi connectivity index (χ0v) is 28.1. The lowest BCUT2D eigenvalue weighted by molar-refractivity contribution is 0.623. The number of aromatic nitrogens is 2. The number of nitrogens with zero attached hydrogens (tertiary/aromatic N) is 3. The Bertz CT molecular complexity index is 2800. The van der Waals surface area contributed by atoms with Crippen molar-refractivity contribution in [3.05, 3.63) is 199 Å². The molecule has 0 spiro atoms. The predicted molar refractivity (Wildman–Crippen MR) is 212 cm³/mol. The molecule has 1 atom stereocenters. The average Bonchev–Trinajstić information content (AvgIpc) is 3.82. The van der Waals surface area contributed by atoms with Crippen molar-refractivity contribution in [2.45, 2.75) is 6.17 Å². The lowest BCUT2D eigenvalue weighted by atomic mass is 9.99. The van der Waals surface area contributed by atoms with Gasteiger partial charge in [0.25, 0.3) is 0 Å². The molecule has 0 aliphatic carbocycles. The average molecular weight is 669 g/mol. The van der Waals surface area contributed by atoms with Crippen molar-refractivity contribution in [1.82, 2.24) is 14.9 Å². The van der Waals surface area contributed by atoms with Crippen LogP contribution in [0.3, 0.4) is 0 Å². The lowest BCUT2D eigenvalue weighted by Gasteiger charge is -2.25. The van der Waals surface area contributed by atoms with Gasteiger partial charge in [-0.25, -0.2) is 4.98 Å². The molecular weight excluding hydrogens is 637 g/mol. The van der Waals surface area contributed by atoms with E-state index in [9.17, 15) is 0 Å². The van der Waals surface area contributed by atoms with Crippen molar-refractivity contribution in [3.63, 3.8) is 0 Å². The second-order valence-corrected chi connectivity index (χ2v) is 13.1. The van der Waals surface area contributed by atoms with Gasteiger partial charge in [0.2, 0.25) is 5.89 Å². The molecule has 52 heavy (non-hydrogen) atoms. The Morgan fingerprint density at radius 2 is 1.19 bits per heavy atom. The molecule has 5 heteroatoms. The molecule has 1 aliphatic rings. The summed E-state index contributed by atoms with van der Waals surface area (Å²) in [5.74, 6) is 0.621. The first-order valence-electron chi connectivity index (χ1n) is 17.5. The monoisotopic (exact) mass is 668 g/mol. The van der Waals surface area contributed by atoms with Gasteiger partial charge < -0.3 is 14.3 Å². The van der Waals surface area contributed by atoms with E-state index in [-0.39, 0.29) is 6.17 Å². The molecule has 1 unspecified atom stereocenters. The van der Waals surface area contributed by atoms with Crippen LogP contribution in [0.4, 0.5) is 0 Å². The molecular formula is C47H32N4O. The molecule has 3 heterocycles. The highest BCUT2D eigenvalue weighted by Gasteiger charge is 2.22. The summed E-state index contributed by atoms with van der Waals surface area (Å²) >= 11 is 0. The second kappa shape index (κ2) is 12.4. The number of aliphatic imine (C=N–C) groups is 1. The van der Waals surface area contributed by atoms with Crippen molar-refractivity contribution >= 4 is 44.3 Å². The van der Waals surface area contributed by atoms with Gasteiger partial charge in [0.15, 0.2) is 5.58 Å². The largest absolute Gasteiger partial charge is 0.435 e. The Labute approximate surface area is 300 Å². The molecule has 0 fully saturated rings. The molecule has 0 bridgehead atoms. The summed E-state index contributed by atoms with van der Waals surface area (Å²) in [7, 11) is 0. The van der Waals surface area contributed by atoms with Gasteiger partial charge in [0.1, 0.15) is 11.7 Å². The van der Waals surface area contributed by atoms with Gasteiger partial charge in [0, 0.05) is 22.3 Å². The zero-order chi connectivity index (χ0) is 34.4. The highest BCUT2D eigenvalue weighted by molar-refractivity contribution is 6.19. The van der Waals surface area contributed by atoms with E-state index in [2.05, 4.69) is 149 Å². The number of hydrogen-bond acceptors (Lipinski definition) is 4. The zero-order valence-electron chi connectivity index (χ0n) is 28.1. The number of rotatable bonds is 6. The third-order valence-corrected chi connectivity index (χ3v) is 9.87. The van der Waals surface area contributed by atoms with E-state index in [0.29, 0.717) is 5.89 Å². The van der Waals surface area contributed by atoms with Crippen molar-refractivity contribution in [2.75, 3.05) is 0 Å². The van der Waals surface area contributed by atoms with Crippen molar-refractivity contribution in [3.8, 4) is 28.3 Å². The Kier molecular flexibility index (Phi) is 7.14. The normalized spacial score (nSPS) is 14.3. The van der Waals surface area contributed by atoms with Crippen LogP contribution in [-0.2, 0) is 0 Å². The number of oxazole rings is 1. The van der Waals surface area contributed by atoms with E-state index in [0.717, 1.165) is 72.3 Å². The fraction of sp³-hybridized carbons (Fsp3) is 0.0213. The maximum Gasteiger partial charge on any atom is 0.227 e. The van der Waals surface area contributed by atoms with Gasteiger partial charge in [0.05, 0.1) is 22.1 Å². The van der Waals surface area contributed by atoms with E-state index < -0.39 is 0 Å². The third-order valence-electron chi connectivity index (χ3n) is 9.87. The minimum atomic E-state index is -0.300. The van der Waals surface area contributed by atoms with Crippen LogP contribution in [0.5, 0.6) is 0 Å². The SMILES string of the molecule is C1=C(c2ccc(-c3ccccc3)cc2)NC(c2cccc(-n3c4ccccc4c4c5oc(-c6ccccc6)nc5ccc43)c2)N=C1c1ccccc1. The second-order valence-electron chi connectivity index (χ2n) is 13.1. The summed E-state index contributed by atoms with van der Waals surface area (Å²) in [6.07, 6.45) is 1.86. The van der Waals surface area contributed by atoms with Crippen molar-refractivity contribution in [2.24, 2.45) is 4.99 Å². The van der Waals surface area contributed by atoms with Crippen LogP contribution in [-0.4, -0.2) is 15.3 Å². The van der Waals surface area contributed by atoms with E-state index >= 15 is 0 Å². The van der Waals surface area contributed by atoms with Crippen LogP contribution >= 0.6 is 0 Å². The van der Waals surface area contributed by atoms with E-state index in [1.54, 1.807) is 0 Å². The fourth-order valence-corrected chi connectivity index (χ4v) is 7.35. The third kappa shape index (κ3) is 5.19. The molecule has 2 aromatic heterocycles. The number of allylic oxidation sites excluding steroid dienone is 1. The molecule has 10 rings (SSSR count). The minimum Gasteiger partial charge on any atom is -0.435 e. The van der Waals surface area contributed by atoms with Crippen molar-refractivity contribution in [1.29, 1.82) is 0 Å². The van der Waals surface area contributed by atoms with Gasteiger partial charge in [-0.15, -0.1) is 0 Å². The summed E-state index contributed by atoms with van der Waals surface area (Å²) in [4.78, 5) is 10.2. The standard InChI is InChI=1S/C47H32N4O/c1-4-13-31(14-5-1)32-23-25-34(26-24-32)41-30-40(33-15-6-2-7-16-33)48-46(49-41)36-19-12-20-37(29-36)51-42-22-11-10-21-38(42)44-43(51)28-27-39-45(44)52-47(50-39)35-17-8-3-9-18-35/h1-30,46,49H. The quantitative estimate of drug-likeness (QED) is 0.192. The van der Waals surface area contributed by atoms with E-state index in [1.165, 1.54) is 11.1 Å². The van der Waals surface area contributed by atoms with Gasteiger partial charge in [-0.3, -0.25) is 4.99 Å². The van der Waals surface area contributed by atoms with E-state index in [4.69, 9.17) is 14.4 Å². The number of para-hydroxylation sites is 1. The summed E-state index contributed by atoms with van der Waals surface area (Å²) in [6, 6.07) is 61.2. The smallest absolute Gasteiger partial charge is 0.227 e. The topological polar surface area (TPSA) is 55.4 Å². The number of hydrogen-bond donors (Lipinski definition) is 1. The molecule has 5 nitrogen and oxygen atoms in total. The minimum absolute atomic E-state index is 0.300. The molecule has 9 aromatic rings. The molecule has 0 saturated carbocycles. The molecule has 0 saturated heterocycles. The van der Waals surface area contributed by atoms with Gasteiger partial charge in [-0.1, -0.05) is 133 Å². The molecule has 1 aliphatic heterocycles. The molecule has 246 valence electrons. The maximum absolute atomic E-state index is 6.53. The fourth-order valence-electron chi connectivity index (χ4n) is 7.35. The van der Waals surface area contributed by atoms with Crippen LogP contribution in [0.25, 0.3) is 66.9 Å².